The SMILES string of the molecule is C[C@H](NCC(C)(CO)CO)c1cccc(Br)c1. The van der Waals surface area contributed by atoms with Crippen LogP contribution < -0.4 is 5.32 Å². The van der Waals surface area contributed by atoms with E-state index in [2.05, 4.69) is 40.3 Å². The third-order valence-corrected chi connectivity index (χ3v) is 3.44. The fourth-order valence-electron chi connectivity index (χ4n) is 1.46. The summed E-state index contributed by atoms with van der Waals surface area (Å²) in [6, 6.07) is 8.28. The minimum absolute atomic E-state index is 0.0261. The molecule has 0 radical (unpaired) electrons. The summed E-state index contributed by atoms with van der Waals surface area (Å²) in [7, 11) is 0. The maximum absolute atomic E-state index is 9.21. The lowest BCUT2D eigenvalue weighted by Crippen LogP contribution is -2.38. The largest absolute Gasteiger partial charge is 0.396 e. The number of hydrogen-bond acceptors (Lipinski definition) is 3. The molecule has 96 valence electrons. The monoisotopic (exact) mass is 301 g/mol. The summed E-state index contributed by atoms with van der Waals surface area (Å²) < 4.78 is 1.05. The van der Waals surface area contributed by atoms with Gasteiger partial charge in [0.1, 0.15) is 0 Å². The van der Waals surface area contributed by atoms with E-state index in [1.807, 2.05) is 19.1 Å². The Morgan fingerprint density at radius 2 is 2.00 bits per heavy atom. The summed E-state index contributed by atoms with van der Waals surface area (Å²) >= 11 is 3.44. The summed E-state index contributed by atoms with van der Waals surface area (Å²) in [5.74, 6) is 0. The number of halogens is 1. The minimum atomic E-state index is -0.472. The highest BCUT2D eigenvalue weighted by Crippen LogP contribution is 2.20. The summed E-state index contributed by atoms with van der Waals surface area (Å²) in [4.78, 5) is 0. The molecule has 1 atom stereocenters. The van der Waals surface area contributed by atoms with Gasteiger partial charge in [0, 0.05) is 22.5 Å². The minimum Gasteiger partial charge on any atom is -0.396 e. The van der Waals surface area contributed by atoms with Gasteiger partial charge in [0.05, 0.1) is 13.2 Å². The number of rotatable bonds is 6. The summed E-state index contributed by atoms with van der Waals surface area (Å²) in [6.45, 7) is 4.45. The van der Waals surface area contributed by atoms with Crippen LogP contribution in [0.4, 0.5) is 0 Å². The molecule has 0 aliphatic rings. The zero-order valence-corrected chi connectivity index (χ0v) is 11.9. The second kappa shape index (κ2) is 6.50. The van der Waals surface area contributed by atoms with Crippen LogP contribution in [0.2, 0.25) is 0 Å². The summed E-state index contributed by atoms with van der Waals surface area (Å²) in [5, 5.41) is 21.7. The number of nitrogens with one attached hydrogen (secondary N) is 1. The molecule has 1 aromatic rings. The molecule has 0 bridgehead atoms. The van der Waals surface area contributed by atoms with Gasteiger partial charge in [-0.3, -0.25) is 0 Å². The van der Waals surface area contributed by atoms with Crippen molar-refractivity contribution >= 4 is 15.9 Å². The molecule has 0 saturated carbocycles. The van der Waals surface area contributed by atoms with Crippen LogP contribution in [-0.4, -0.2) is 30.0 Å². The number of hydrogen-bond donors (Lipinski definition) is 3. The predicted molar refractivity (Wildman–Crippen MR) is 72.8 cm³/mol. The van der Waals surface area contributed by atoms with Gasteiger partial charge in [0.15, 0.2) is 0 Å². The molecule has 1 aromatic carbocycles. The van der Waals surface area contributed by atoms with E-state index < -0.39 is 5.41 Å². The first kappa shape index (κ1) is 14.6. The summed E-state index contributed by atoms with van der Waals surface area (Å²) in [6.07, 6.45) is 0. The Bertz CT molecular complexity index is 353. The molecule has 1 rings (SSSR count). The van der Waals surface area contributed by atoms with Crippen LogP contribution in [0.25, 0.3) is 0 Å². The lowest BCUT2D eigenvalue weighted by atomic mass is 9.92. The normalized spacial score (nSPS) is 13.7. The molecule has 0 aliphatic carbocycles. The standard InChI is InChI=1S/C13H20BrNO2/c1-10(11-4-3-5-12(14)6-11)15-7-13(2,8-16)9-17/h3-6,10,15-17H,7-9H2,1-2H3/t10-/m0/s1. The predicted octanol–water partition coefficient (Wildman–Crippen LogP) is 2.09. The van der Waals surface area contributed by atoms with Gasteiger partial charge in [-0.25, -0.2) is 0 Å². The Labute approximate surface area is 111 Å². The molecule has 3 N–H and O–H groups in total. The van der Waals surface area contributed by atoms with E-state index >= 15 is 0 Å². The molecule has 3 nitrogen and oxygen atoms in total. The van der Waals surface area contributed by atoms with Gasteiger partial charge in [-0.1, -0.05) is 35.0 Å². The van der Waals surface area contributed by atoms with Crippen LogP contribution in [0.15, 0.2) is 28.7 Å². The molecule has 0 unspecified atom stereocenters. The van der Waals surface area contributed by atoms with Crippen molar-refractivity contribution < 1.29 is 10.2 Å². The van der Waals surface area contributed by atoms with E-state index in [9.17, 15) is 10.2 Å². The van der Waals surface area contributed by atoms with Crippen molar-refractivity contribution in [1.82, 2.24) is 5.32 Å². The molecular weight excluding hydrogens is 282 g/mol. The van der Waals surface area contributed by atoms with Gasteiger partial charge in [-0.2, -0.15) is 0 Å². The molecule has 0 spiro atoms. The maximum Gasteiger partial charge on any atom is 0.0519 e. The first-order valence-corrected chi connectivity index (χ1v) is 6.50. The van der Waals surface area contributed by atoms with Crippen molar-refractivity contribution in [3.63, 3.8) is 0 Å². The van der Waals surface area contributed by atoms with Gasteiger partial charge in [-0.05, 0) is 24.6 Å². The fourth-order valence-corrected chi connectivity index (χ4v) is 1.87. The molecule has 0 amide bonds. The second-order valence-electron chi connectivity index (χ2n) is 4.78. The Balaban J connectivity index is 2.58. The second-order valence-corrected chi connectivity index (χ2v) is 5.70. The van der Waals surface area contributed by atoms with Crippen molar-refractivity contribution in [2.24, 2.45) is 5.41 Å². The molecule has 4 heteroatoms. The fraction of sp³-hybridized carbons (Fsp3) is 0.538. The third-order valence-electron chi connectivity index (χ3n) is 2.95. The van der Waals surface area contributed by atoms with E-state index in [0.29, 0.717) is 6.54 Å². The van der Waals surface area contributed by atoms with E-state index in [0.717, 1.165) is 4.47 Å². The van der Waals surface area contributed by atoms with Crippen LogP contribution in [0.1, 0.15) is 25.5 Å². The number of benzene rings is 1. The third kappa shape index (κ3) is 4.39. The Morgan fingerprint density at radius 3 is 2.53 bits per heavy atom. The molecular formula is C13H20BrNO2. The molecule has 0 aromatic heterocycles. The topological polar surface area (TPSA) is 52.5 Å². The highest BCUT2D eigenvalue weighted by atomic mass is 79.9. The van der Waals surface area contributed by atoms with Gasteiger partial charge >= 0.3 is 0 Å². The zero-order chi connectivity index (χ0) is 12.9. The molecule has 0 aliphatic heterocycles. The van der Waals surface area contributed by atoms with E-state index in [-0.39, 0.29) is 19.3 Å². The quantitative estimate of drug-likeness (QED) is 0.754. The average molecular weight is 302 g/mol. The summed E-state index contributed by atoms with van der Waals surface area (Å²) in [5.41, 5.74) is 0.706. The molecule has 0 saturated heterocycles. The van der Waals surface area contributed by atoms with Gasteiger partial charge in [-0.15, -0.1) is 0 Å². The van der Waals surface area contributed by atoms with Gasteiger partial charge < -0.3 is 15.5 Å². The molecule has 17 heavy (non-hydrogen) atoms. The molecule has 0 fully saturated rings. The number of aliphatic hydroxyl groups excluding tert-OH is 2. The first-order valence-electron chi connectivity index (χ1n) is 5.71. The van der Waals surface area contributed by atoms with Crippen LogP contribution in [0.5, 0.6) is 0 Å². The van der Waals surface area contributed by atoms with Gasteiger partial charge in [0.2, 0.25) is 0 Å². The Morgan fingerprint density at radius 1 is 1.35 bits per heavy atom. The first-order chi connectivity index (χ1) is 8.00. The Kier molecular flexibility index (Phi) is 5.59. The van der Waals surface area contributed by atoms with E-state index in [4.69, 9.17) is 0 Å². The van der Waals surface area contributed by atoms with Crippen LogP contribution in [0, 0.1) is 5.41 Å². The van der Waals surface area contributed by atoms with E-state index in [1.165, 1.54) is 5.56 Å². The van der Waals surface area contributed by atoms with Gasteiger partial charge in [0.25, 0.3) is 0 Å². The van der Waals surface area contributed by atoms with Crippen molar-refractivity contribution in [3.05, 3.63) is 34.3 Å². The highest BCUT2D eigenvalue weighted by molar-refractivity contribution is 9.10. The zero-order valence-electron chi connectivity index (χ0n) is 10.3. The van der Waals surface area contributed by atoms with Crippen molar-refractivity contribution in [2.75, 3.05) is 19.8 Å². The average Bonchev–Trinajstić information content (AvgIpc) is 2.35. The maximum atomic E-state index is 9.21. The lowest BCUT2D eigenvalue weighted by Gasteiger charge is -2.27. The smallest absolute Gasteiger partial charge is 0.0519 e. The highest BCUT2D eigenvalue weighted by Gasteiger charge is 2.22. The van der Waals surface area contributed by atoms with Crippen molar-refractivity contribution in [2.45, 2.75) is 19.9 Å². The van der Waals surface area contributed by atoms with Crippen LogP contribution >= 0.6 is 15.9 Å². The van der Waals surface area contributed by atoms with Crippen molar-refractivity contribution in [1.29, 1.82) is 0 Å². The molecule has 0 heterocycles. The lowest BCUT2D eigenvalue weighted by molar-refractivity contribution is 0.0677. The Hall–Kier alpha value is -0.420. The van der Waals surface area contributed by atoms with Crippen molar-refractivity contribution in [3.8, 4) is 0 Å². The van der Waals surface area contributed by atoms with E-state index in [1.54, 1.807) is 0 Å². The van der Waals surface area contributed by atoms with Crippen LogP contribution in [0.3, 0.4) is 0 Å². The van der Waals surface area contributed by atoms with Crippen LogP contribution in [-0.2, 0) is 0 Å². The number of aliphatic hydroxyl groups is 2.